The first-order valence-corrected chi connectivity index (χ1v) is 7.27. The first-order chi connectivity index (χ1) is 8.38. The summed E-state index contributed by atoms with van der Waals surface area (Å²) in [6.07, 6.45) is 1.58. The van der Waals surface area contributed by atoms with Crippen molar-refractivity contribution in [3.05, 3.63) is 18.2 Å². The minimum Gasteiger partial charge on any atom is -0.399 e. The van der Waals surface area contributed by atoms with Crippen LogP contribution in [0.1, 0.15) is 12.8 Å². The molecule has 2 rings (SSSR count). The van der Waals surface area contributed by atoms with E-state index >= 15 is 0 Å². The monoisotopic (exact) mass is 271 g/mol. The summed E-state index contributed by atoms with van der Waals surface area (Å²) < 4.78 is 22.8. The van der Waals surface area contributed by atoms with Gasteiger partial charge >= 0.3 is 0 Å². The molecule has 18 heavy (non-hydrogen) atoms. The molecular formula is C11H17N3O3S. The van der Waals surface area contributed by atoms with Gasteiger partial charge in [-0.05, 0) is 37.0 Å². The number of sulfonamides is 1. The van der Waals surface area contributed by atoms with Crippen molar-refractivity contribution >= 4 is 21.4 Å². The number of nitrogen functional groups attached to an aromatic ring is 1. The normalized spacial score (nSPS) is 17.4. The fourth-order valence-corrected chi connectivity index (χ4v) is 2.53. The summed E-state index contributed by atoms with van der Waals surface area (Å²) in [4.78, 5) is -0.0505. The van der Waals surface area contributed by atoms with Crippen molar-refractivity contribution in [2.75, 3.05) is 17.6 Å². The van der Waals surface area contributed by atoms with Crippen molar-refractivity contribution in [2.24, 2.45) is 11.1 Å². The average molecular weight is 271 g/mol. The lowest BCUT2D eigenvalue weighted by atomic mass is 10.2. The van der Waals surface area contributed by atoms with Crippen molar-refractivity contribution in [3.63, 3.8) is 0 Å². The molecule has 1 aromatic carbocycles. The van der Waals surface area contributed by atoms with Gasteiger partial charge in [-0.3, -0.25) is 0 Å². The molecule has 0 aromatic heterocycles. The van der Waals surface area contributed by atoms with E-state index in [1.807, 2.05) is 0 Å². The third kappa shape index (κ3) is 3.12. The van der Waals surface area contributed by atoms with Gasteiger partial charge in [0.2, 0.25) is 10.0 Å². The van der Waals surface area contributed by atoms with Crippen LogP contribution in [-0.4, -0.2) is 26.2 Å². The number of aliphatic hydroxyl groups is 1. The number of hydrogen-bond donors (Lipinski definition) is 4. The maximum atomic E-state index is 11.4. The molecule has 0 radical (unpaired) electrons. The standard InChI is InChI=1S/C11H17N3O3S/c12-8-3-4-9(11(5-8)18(13,16)17)14-6-10(15)7-1-2-7/h3-5,7,10,14-15H,1-2,6,12H2,(H2,13,16,17). The molecule has 1 atom stereocenters. The predicted octanol–water partition coefficient (Wildman–Crippen LogP) is 0.0990. The highest BCUT2D eigenvalue weighted by atomic mass is 32.2. The minimum atomic E-state index is -3.83. The molecule has 0 heterocycles. The van der Waals surface area contributed by atoms with Gasteiger partial charge in [0.1, 0.15) is 4.90 Å². The van der Waals surface area contributed by atoms with Gasteiger partial charge in [-0.1, -0.05) is 0 Å². The van der Waals surface area contributed by atoms with Crippen molar-refractivity contribution in [3.8, 4) is 0 Å². The first kappa shape index (κ1) is 13.1. The molecule has 0 bridgehead atoms. The number of nitrogens with two attached hydrogens (primary N) is 2. The quantitative estimate of drug-likeness (QED) is 0.566. The molecule has 1 aliphatic carbocycles. The zero-order valence-corrected chi connectivity index (χ0v) is 10.7. The topological polar surface area (TPSA) is 118 Å². The lowest BCUT2D eigenvalue weighted by Gasteiger charge is -2.14. The van der Waals surface area contributed by atoms with E-state index in [-0.39, 0.29) is 4.90 Å². The van der Waals surface area contributed by atoms with Gasteiger partial charge in [-0.2, -0.15) is 0 Å². The number of anilines is 2. The van der Waals surface area contributed by atoms with Gasteiger partial charge in [0.25, 0.3) is 0 Å². The fourth-order valence-electron chi connectivity index (χ4n) is 1.78. The zero-order valence-electron chi connectivity index (χ0n) is 9.83. The van der Waals surface area contributed by atoms with Crippen LogP contribution in [0.5, 0.6) is 0 Å². The van der Waals surface area contributed by atoms with Crippen molar-refractivity contribution in [2.45, 2.75) is 23.8 Å². The summed E-state index contributed by atoms with van der Waals surface area (Å²) in [7, 11) is -3.83. The predicted molar refractivity (Wildman–Crippen MR) is 69.4 cm³/mol. The summed E-state index contributed by atoms with van der Waals surface area (Å²) in [5.74, 6) is 0.323. The van der Waals surface area contributed by atoms with E-state index in [9.17, 15) is 13.5 Å². The van der Waals surface area contributed by atoms with Gasteiger partial charge in [-0.15, -0.1) is 0 Å². The van der Waals surface area contributed by atoms with Gasteiger partial charge < -0.3 is 16.2 Å². The Morgan fingerprint density at radius 2 is 2.11 bits per heavy atom. The van der Waals surface area contributed by atoms with Crippen LogP contribution < -0.4 is 16.2 Å². The van der Waals surface area contributed by atoms with Crippen LogP contribution in [0.2, 0.25) is 0 Å². The van der Waals surface area contributed by atoms with Crippen LogP contribution in [-0.2, 0) is 10.0 Å². The maximum Gasteiger partial charge on any atom is 0.240 e. The van der Waals surface area contributed by atoms with E-state index in [4.69, 9.17) is 10.9 Å². The molecular weight excluding hydrogens is 254 g/mol. The molecule has 6 nitrogen and oxygen atoms in total. The molecule has 0 aliphatic heterocycles. The molecule has 1 unspecified atom stereocenters. The largest absolute Gasteiger partial charge is 0.399 e. The van der Waals surface area contributed by atoms with E-state index in [2.05, 4.69) is 5.32 Å². The number of nitrogens with one attached hydrogen (secondary N) is 1. The molecule has 1 fully saturated rings. The summed E-state index contributed by atoms with van der Waals surface area (Å²) in [6.45, 7) is 0.303. The molecule has 0 spiro atoms. The number of aliphatic hydroxyl groups excluding tert-OH is 1. The van der Waals surface area contributed by atoms with Gasteiger partial charge in [0, 0.05) is 12.2 Å². The Hall–Kier alpha value is -1.31. The van der Waals surface area contributed by atoms with Crippen molar-refractivity contribution in [1.82, 2.24) is 0 Å². The van der Waals surface area contributed by atoms with Crippen LogP contribution in [0.25, 0.3) is 0 Å². The molecule has 1 saturated carbocycles. The van der Waals surface area contributed by atoms with Crippen LogP contribution in [0.4, 0.5) is 11.4 Å². The summed E-state index contributed by atoms with van der Waals surface area (Å²) in [5.41, 5.74) is 6.23. The van der Waals surface area contributed by atoms with E-state index in [1.165, 1.54) is 6.07 Å². The van der Waals surface area contributed by atoms with Crippen molar-refractivity contribution < 1.29 is 13.5 Å². The van der Waals surface area contributed by atoms with E-state index in [0.29, 0.717) is 23.8 Å². The highest BCUT2D eigenvalue weighted by Crippen LogP contribution is 2.33. The Morgan fingerprint density at radius 1 is 1.44 bits per heavy atom. The van der Waals surface area contributed by atoms with E-state index in [1.54, 1.807) is 12.1 Å². The second kappa shape index (κ2) is 4.75. The molecule has 0 amide bonds. The third-order valence-corrected chi connectivity index (χ3v) is 3.93. The lowest BCUT2D eigenvalue weighted by Crippen LogP contribution is -2.23. The summed E-state index contributed by atoms with van der Waals surface area (Å²) in [6, 6.07) is 4.44. The van der Waals surface area contributed by atoms with Gasteiger partial charge in [0.15, 0.2) is 0 Å². The molecule has 100 valence electrons. The van der Waals surface area contributed by atoms with Gasteiger partial charge in [0.05, 0.1) is 11.8 Å². The highest BCUT2D eigenvalue weighted by molar-refractivity contribution is 7.89. The lowest BCUT2D eigenvalue weighted by molar-refractivity contribution is 0.164. The average Bonchev–Trinajstić information content (AvgIpc) is 3.09. The zero-order chi connectivity index (χ0) is 13.3. The molecule has 6 N–H and O–H groups in total. The molecule has 0 saturated heterocycles. The number of primary sulfonamides is 1. The Morgan fingerprint density at radius 3 is 2.67 bits per heavy atom. The third-order valence-electron chi connectivity index (χ3n) is 2.98. The Labute approximate surface area is 106 Å². The van der Waals surface area contributed by atoms with Crippen LogP contribution >= 0.6 is 0 Å². The summed E-state index contributed by atoms with van der Waals surface area (Å²) in [5, 5.41) is 17.8. The smallest absolute Gasteiger partial charge is 0.240 e. The van der Waals surface area contributed by atoms with Gasteiger partial charge in [-0.25, -0.2) is 13.6 Å². The molecule has 1 aliphatic rings. The summed E-state index contributed by atoms with van der Waals surface area (Å²) >= 11 is 0. The number of rotatable bonds is 5. The van der Waals surface area contributed by atoms with Crippen molar-refractivity contribution in [1.29, 1.82) is 0 Å². The Balaban J connectivity index is 2.16. The highest BCUT2D eigenvalue weighted by Gasteiger charge is 2.29. The van der Waals surface area contributed by atoms with E-state index < -0.39 is 16.1 Å². The second-order valence-electron chi connectivity index (χ2n) is 4.59. The second-order valence-corrected chi connectivity index (χ2v) is 6.12. The first-order valence-electron chi connectivity index (χ1n) is 5.72. The van der Waals surface area contributed by atoms with Crippen LogP contribution in [0, 0.1) is 5.92 Å². The number of hydrogen-bond acceptors (Lipinski definition) is 5. The SMILES string of the molecule is Nc1ccc(NCC(O)C2CC2)c(S(N)(=O)=O)c1. The van der Waals surface area contributed by atoms with E-state index in [0.717, 1.165) is 12.8 Å². The molecule has 1 aromatic rings. The fraction of sp³-hybridized carbons (Fsp3) is 0.455. The number of benzene rings is 1. The Kier molecular flexibility index (Phi) is 3.47. The maximum absolute atomic E-state index is 11.4. The Bertz CT molecular complexity index is 540. The van der Waals surface area contributed by atoms with Crippen LogP contribution in [0.15, 0.2) is 23.1 Å². The minimum absolute atomic E-state index is 0.0505. The van der Waals surface area contributed by atoms with Crippen LogP contribution in [0.3, 0.4) is 0 Å². The molecule has 7 heteroatoms.